The smallest absolute Gasteiger partial charge is 0.144 e. The molecule has 118 valence electrons. The Morgan fingerprint density at radius 3 is 2.70 bits per heavy atom. The van der Waals surface area contributed by atoms with Gasteiger partial charge < -0.3 is 15.2 Å². The summed E-state index contributed by atoms with van der Waals surface area (Å²) in [5.41, 5.74) is 8.95. The summed E-state index contributed by atoms with van der Waals surface area (Å²) in [5.74, 6) is 1.61. The first-order valence-corrected chi connectivity index (χ1v) is 7.77. The monoisotopic (exact) mass is 309 g/mol. The van der Waals surface area contributed by atoms with Crippen LogP contribution in [-0.2, 0) is 6.54 Å². The van der Waals surface area contributed by atoms with E-state index in [2.05, 4.69) is 5.10 Å². The minimum atomic E-state index is 0.327. The van der Waals surface area contributed by atoms with Gasteiger partial charge in [-0.2, -0.15) is 5.10 Å². The number of nitrogen functional groups attached to an aromatic ring is 1. The van der Waals surface area contributed by atoms with Crippen LogP contribution in [0.25, 0.3) is 10.9 Å². The Kier molecular flexibility index (Phi) is 3.33. The molecule has 3 aromatic rings. The van der Waals surface area contributed by atoms with E-state index < -0.39 is 0 Å². The number of anilines is 1. The molecule has 0 saturated heterocycles. The van der Waals surface area contributed by atoms with E-state index in [1.54, 1.807) is 7.11 Å². The first-order valence-electron chi connectivity index (χ1n) is 7.77. The quantitative estimate of drug-likeness (QED) is 0.735. The summed E-state index contributed by atoms with van der Waals surface area (Å²) >= 11 is 0. The normalized spacial score (nSPS) is 14.1. The summed E-state index contributed by atoms with van der Waals surface area (Å²) in [5, 5.41) is 5.51. The molecular formula is C18H19N3O2. The molecule has 0 aliphatic heterocycles. The summed E-state index contributed by atoms with van der Waals surface area (Å²) < 4.78 is 13.0. The largest absolute Gasteiger partial charge is 0.497 e. The van der Waals surface area contributed by atoms with Crippen LogP contribution < -0.4 is 15.2 Å². The maximum atomic E-state index is 6.08. The van der Waals surface area contributed by atoms with Crippen LogP contribution in [-0.4, -0.2) is 23.0 Å². The minimum Gasteiger partial charge on any atom is -0.497 e. The Morgan fingerprint density at radius 1 is 1.22 bits per heavy atom. The van der Waals surface area contributed by atoms with Gasteiger partial charge in [0, 0.05) is 11.5 Å². The van der Waals surface area contributed by atoms with Crippen LogP contribution in [0.15, 0.2) is 42.6 Å². The molecule has 0 spiro atoms. The second-order valence-electron chi connectivity index (χ2n) is 5.92. The van der Waals surface area contributed by atoms with Crippen LogP contribution >= 0.6 is 0 Å². The number of nitrogens with two attached hydrogens (primary N) is 1. The van der Waals surface area contributed by atoms with Crippen molar-refractivity contribution in [2.75, 3.05) is 12.8 Å². The Bertz CT molecular complexity index is 835. The topological polar surface area (TPSA) is 62.3 Å². The van der Waals surface area contributed by atoms with Crippen molar-refractivity contribution in [2.45, 2.75) is 25.5 Å². The van der Waals surface area contributed by atoms with Crippen LogP contribution in [0, 0.1) is 0 Å². The number of fused-ring (bicyclic) bond motifs is 1. The van der Waals surface area contributed by atoms with E-state index in [1.807, 2.05) is 47.3 Å². The van der Waals surface area contributed by atoms with Gasteiger partial charge in [-0.15, -0.1) is 0 Å². The van der Waals surface area contributed by atoms with Gasteiger partial charge in [0.2, 0.25) is 0 Å². The van der Waals surface area contributed by atoms with Crippen molar-refractivity contribution in [3.63, 3.8) is 0 Å². The van der Waals surface area contributed by atoms with E-state index in [1.165, 1.54) is 0 Å². The minimum absolute atomic E-state index is 0.327. The van der Waals surface area contributed by atoms with Gasteiger partial charge in [-0.25, -0.2) is 0 Å². The maximum Gasteiger partial charge on any atom is 0.144 e. The number of ether oxygens (including phenoxy) is 2. The van der Waals surface area contributed by atoms with E-state index in [9.17, 15) is 0 Å². The summed E-state index contributed by atoms with van der Waals surface area (Å²) in [6.45, 7) is 0.695. The number of rotatable bonds is 5. The lowest BCUT2D eigenvalue weighted by Gasteiger charge is -2.10. The van der Waals surface area contributed by atoms with E-state index in [0.29, 0.717) is 18.3 Å². The van der Waals surface area contributed by atoms with E-state index >= 15 is 0 Å². The number of nitrogens with zero attached hydrogens (tertiary/aromatic N) is 2. The second kappa shape index (κ2) is 5.50. The Labute approximate surface area is 134 Å². The highest BCUT2D eigenvalue weighted by atomic mass is 16.5. The van der Waals surface area contributed by atoms with Crippen molar-refractivity contribution in [1.29, 1.82) is 0 Å². The van der Waals surface area contributed by atoms with E-state index in [-0.39, 0.29) is 0 Å². The third kappa shape index (κ3) is 2.82. The Balaban J connectivity index is 1.65. The lowest BCUT2D eigenvalue weighted by atomic mass is 10.2. The molecule has 1 fully saturated rings. The third-order valence-corrected chi connectivity index (χ3v) is 4.08. The lowest BCUT2D eigenvalue weighted by molar-refractivity contribution is 0.305. The Morgan fingerprint density at radius 2 is 2.00 bits per heavy atom. The summed E-state index contributed by atoms with van der Waals surface area (Å²) in [6.07, 6.45) is 4.40. The highest BCUT2D eigenvalue weighted by Crippen LogP contribution is 2.33. The molecule has 1 aliphatic carbocycles. The van der Waals surface area contributed by atoms with Gasteiger partial charge in [0.25, 0.3) is 0 Å². The van der Waals surface area contributed by atoms with Crippen molar-refractivity contribution in [2.24, 2.45) is 0 Å². The van der Waals surface area contributed by atoms with E-state index in [4.69, 9.17) is 15.2 Å². The fourth-order valence-corrected chi connectivity index (χ4v) is 2.62. The van der Waals surface area contributed by atoms with E-state index in [0.717, 1.165) is 40.8 Å². The number of methoxy groups -OCH3 is 1. The first-order chi connectivity index (χ1) is 11.2. The SMILES string of the molecule is COc1ccc(Cn2ncc3cc(N)c(OC4CC4)cc32)cc1. The van der Waals surface area contributed by atoms with Crippen molar-refractivity contribution >= 4 is 16.6 Å². The zero-order valence-corrected chi connectivity index (χ0v) is 13.0. The van der Waals surface area contributed by atoms with Crippen LogP contribution in [0.2, 0.25) is 0 Å². The molecule has 1 aromatic heterocycles. The molecule has 1 aliphatic rings. The zero-order valence-electron chi connectivity index (χ0n) is 13.0. The van der Waals surface area contributed by atoms with Gasteiger partial charge in [-0.1, -0.05) is 12.1 Å². The van der Waals surface area contributed by atoms with Gasteiger partial charge in [0.15, 0.2) is 0 Å². The molecule has 2 aromatic carbocycles. The number of aromatic nitrogens is 2. The van der Waals surface area contributed by atoms with Gasteiger partial charge in [0.05, 0.1) is 37.2 Å². The highest BCUT2D eigenvalue weighted by molar-refractivity contribution is 5.85. The molecule has 0 radical (unpaired) electrons. The van der Waals surface area contributed by atoms with Crippen LogP contribution in [0.1, 0.15) is 18.4 Å². The van der Waals surface area contributed by atoms with Gasteiger partial charge >= 0.3 is 0 Å². The average Bonchev–Trinajstić information content (AvgIpc) is 3.31. The molecule has 1 heterocycles. The molecular weight excluding hydrogens is 290 g/mol. The number of benzene rings is 2. The molecule has 4 rings (SSSR count). The van der Waals surface area contributed by atoms with Crippen molar-refractivity contribution in [1.82, 2.24) is 9.78 Å². The summed E-state index contributed by atoms with van der Waals surface area (Å²) in [7, 11) is 1.67. The molecule has 0 unspecified atom stereocenters. The fraction of sp³-hybridized carbons (Fsp3) is 0.278. The molecule has 5 nitrogen and oxygen atoms in total. The van der Waals surface area contributed by atoms with Crippen LogP contribution in [0.4, 0.5) is 5.69 Å². The van der Waals surface area contributed by atoms with Crippen molar-refractivity contribution in [3.8, 4) is 11.5 Å². The average molecular weight is 309 g/mol. The van der Waals surface area contributed by atoms with Gasteiger partial charge in [0.1, 0.15) is 11.5 Å². The van der Waals surface area contributed by atoms with Crippen LogP contribution in [0.5, 0.6) is 11.5 Å². The molecule has 5 heteroatoms. The zero-order chi connectivity index (χ0) is 15.8. The summed E-state index contributed by atoms with van der Waals surface area (Å²) in [4.78, 5) is 0. The van der Waals surface area contributed by atoms with Crippen molar-refractivity contribution < 1.29 is 9.47 Å². The molecule has 2 N–H and O–H groups in total. The third-order valence-electron chi connectivity index (χ3n) is 4.08. The summed E-state index contributed by atoms with van der Waals surface area (Å²) in [6, 6.07) is 11.9. The molecule has 0 atom stereocenters. The number of hydrogen-bond donors (Lipinski definition) is 1. The fourth-order valence-electron chi connectivity index (χ4n) is 2.62. The van der Waals surface area contributed by atoms with Gasteiger partial charge in [-0.3, -0.25) is 4.68 Å². The molecule has 0 bridgehead atoms. The maximum absolute atomic E-state index is 6.08. The van der Waals surface area contributed by atoms with Crippen molar-refractivity contribution in [3.05, 3.63) is 48.2 Å². The predicted octanol–water partition coefficient (Wildman–Crippen LogP) is 3.22. The first kappa shape index (κ1) is 13.9. The van der Waals surface area contributed by atoms with Crippen LogP contribution in [0.3, 0.4) is 0 Å². The lowest BCUT2D eigenvalue weighted by Crippen LogP contribution is -2.03. The predicted molar refractivity (Wildman–Crippen MR) is 89.9 cm³/mol. The molecule has 23 heavy (non-hydrogen) atoms. The molecule has 0 amide bonds. The second-order valence-corrected chi connectivity index (χ2v) is 5.92. The number of hydrogen-bond acceptors (Lipinski definition) is 4. The molecule has 1 saturated carbocycles. The van der Waals surface area contributed by atoms with Gasteiger partial charge in [-0.05, 0) is 36.6 Å². The Hall–Kier alpha value is -2.69. The standard InChI is InChI=1S/C18H19N3O2/c1-22-14-4-2-12(3-5-14)11-21-17-9-18(23-15-6-7-15)16(19)8-13(17)10-20-21/h2-5,8-10,15H,6-7,11,19H2,1H3. The highest BCUT2D eigenvalue weighted by Gasteiger charge is 2.24.